The summed E-state index contributed by atoms with van der Waals surface area (Å²) in [5, 5.41) is 0. The SMILES string of the molecule is CCCCN(CC)Cc1ccc(-n2ccnc2)cc1. The van der Waals surface area contributed by atoms with Crippen LogP contribution in [0.4, 0.5) is 0 Å². The number of hydrogen-bond donors (Lipinski definition) is 0. The molecule has 0 spiro atoms. The number of nitrogens with zero attached hydrogens (tertiary/aromatic N) is 3. The summed E-state index contributed by atoms with van der Waals surface area (Å²) < 4.78 is 2.03. The van der Waals surface area contributed by atoms with Gasteiger partial charge in [-0.1, -0.05) is 32.4 Å². The van der Waals surface area contributed by atoms with Crippen LogP contribution in [0.2, 0.25) is 0 Å². The summed E-state index contributed by atoms with van der Waals surface area (Å²) >= 11 is 0. The van der Waals surface area contributed by atoms with Crippen molar-refractivity contribution < 1.29 is 0 Å². The third kappa shape index (κ3) is 3.93. The second-order valence-corrected chi connectivity index (χ2v) is 4.86. The second kappa shape index (κ2) is 7.10. The second-order valence-electron chi connectivity index (χ2n) is 4.86. The Morgan fingerprint density at radius 1 is 1.16 bits per heavy atom. The Morgan fingerprint density at radius 2 is 1.95 bits per heavy atom. The quantitative estimate of drug-likeness (QED) is 0.757. The van der Waals surface area contributed by atoms with Crippen LogP contribution in [0.15, 0.2) is 43.0 Å². The van der Waals surface area contributed by atoms with Gasteiger partial charge in [-0.25, -0.2) is 4.98 Å². The zero-order valence-electron chi connectivity index (χ0n) is 11.9. The van der Waals surface area contributed by atoms with E-state index in [-0.39, 0.29) is 0 Å². The minimum absolute atomic E-state index is 1.04. The average Bonchev–Trinajstić information content (AvgIpc) is 2.98. The van der Waals surface area contributed by atoms with Gasteiger partial charge in [0.1, 0.15) is 0 Å². The molecule has 1 aromatic carbocycles. The topological polar surface area (TPSA) is 21.1 Å². The van der Waals surface area contributed by atoms with Crippen LogP contribution in [0.25, 0.3) is 5.69 Å². The van der Waals surface area contributed by atoms with Crippen LogP contribution in [-0.2, 0) is 6.54 Å². The van der Waals surface area contributed by atoms with Crippen LogP contribution in [-0.4, -0.2) is 27.5 Å². The summed E-state index contributed by atoms with van der Waals surface area (Å²) in [6, 6.07) is 8.74. The predicted octanol–water partition coefficient (Wildman–Crippen LogP) is 3.49. The molecule has 0 aliphatic heterocycles. The van der Waals surface area contributed by atoms with E-state index >= 15 is 0 Å². The van der Waals surface area contributed by atoms with E-state index in [0.29, 0.717) is 0 Å². The smallest absolute Gasteiger partial charge is 0.0991 e. The number of benzene rings is 1. The van der Waals surface area contributed by atoms with E-state index in [1.54, 1.807) is 6.20 Å². The summed E-state index contributed by atoms with van der Waals surface area (Å²) in [4.78, 5) is 6.57. The molecule has 2 aromatic rings. The van der Waals surface area contributed by atoms with Crippen LogP contribution in [0.5, 0.6) is 0 Å². The molecule has 0 atom stereocenters. The number of rotatable bonds is 7. The van der Waals surface area contributed by atoms with Crippen molar-refractivity contribution in [2.75, 3.05) is 13.1 Å². The van der Waals surface area contributed by atoms with E-state index in [2.05, 4.69) is 48.0 Å². The zero-order chi connectivity index (χ0) is 13.5. The fourth-order valence-corrected chi connectivity index (χ4v) is 2.17. The summed E-state index contributed by atoms with van der Waals surface area (Å²) in [5.74, 6) is 0. The molecule has 0 aliphatic carbocycles. The van der Waals surface area contributed by atoms with Gasteiger partial charge in [0.05, 0.1) is 6.33 Å². The van der Waals surface area contributed by atoms with Crippen molar-refractivity contribution >= 4 is 0 Å². The van der Waals surface area contributed by atoms with E-state index in [9.17, 15) is 0 Å². The van der Waals surface area contributed by atoms with Gasteiger partial charge in [0, 0.05) is 24.6 Å². The van der Waals surface area contributed by atoms with Crippen LogP contribution < -0.4 is 0 Å². The minimum atomic E-state index is 1.04. The molecule has 0 saturated carbocycles. The van der Waals surface area contributed by atoms with Crippen LogP contribution >= 0.6 is 0 Å². The summed E-state index contributed by atoms with van der Waals surface area (Å²) in [5.41, 5.74) is 2.54. The maximum absolute atomic E-state index is 4.07. The van der Waals surface area contributed by atoms with Crippen LogP contribution in [0.1, 0.15) is 32.3 Å². The monoisotopic (exact) mass is 257 g/mol. The molecule has 3 heteroatoms. The van der Waals surface area contributed by atoms with Gasteiger partial charge < -0.3 is 4.57 Å². The normalized spacial score (nSPS) is 11.1. The molecule has 0 N–H and O–H groups in total. The van der Waals surface area contributed by atoms with E-state index in [1.807, 2.05) is 17.1 Å². The number of aromatic nitrogens is 2. The first-order valence-corrected chi connectivity index (χ1v) is 7.13. The Balaban J connectivity index is 1.98. The largest absolute Gasteiger partial charge is 0.306 e. The fourth-order valence-electron chi connectivity index (χ4n) is 2.17. The lowest BCUT2D eigenvalue weighted by molar-refractivity contribution is 0.275. The zero-order valence-corrected chi connectivity index (χ0v) is 11.9. The van der Waals surface area contributed by atoms with Gasteiger partial charge in [-0.3, -0.25) is 4.90 Å². The van der Waals surface area contributed by atoms with E-state index in [4.69, 9.17) is 0 Å². The van der Waals surface area contributed by atoms with E-state index in [0.717, 1.165) is 18.8 Å². The maximum atomic E-state index is 4.07. The Hall–Kier alpha value is -1.61. The van der Waals surface area contributed by atoms with Crippen molar-refractivity contribution in [3.8, 4) is 5.69 Å². The van der Waals surface area contributed by atoms with Gasteiger partial charge in [-0.15, -0.1) is 0 Å². The van der Waals surface area contributed by atoms with Gasteiger partial charge in [0.15, 0.2) is 0 Å². The number of imidazole rings is 1. The first-order valence-electron chi connectivity index (χ1n) is 7.13. The molecule has 102 valence electrons. The standard InChI is InChI=1S/C16H23N3/c1-3-5-11-18(4-2)13-15-6-8-16(9-7-15)19-12-10-17-14-19/h6-10,12,14H,3-5,11,13H2,1-2H3. The Labute approximate surface area is 115 Å². The van der Waals surface area contributed by atoms with E-state index in [1.165, 1.54) is 24.9 Å². The molecule has 0 bridgehead atoms. The van der Waals surface area contributed by atoms with Gasteiger partial charge in [0.25, 0.3) is 0 Å². The highest BCUT2D eigenvalue weighted by molar-refractivity contribution is 5.34. The lowest BCUT2D eigenvalue weighted by Gasteiger charge is -2.20. The van der Waals surface area contributed by atoms with Crippen molar-refractivity contribution in [1.29, 1.82) is 0 Å². The highest BCUT2D eigenvalue weighted by Gasteiger charge is 2.03. The third-order valence-electron chi connectivity index (χ3n) is 3.42. The van der Waals surface area contributed by atoms with Gasteiger partial charge >= 0.3 is 0 Å². The van der Waals surface area contributed by atoms with Crippen molar-refractivity contribution in [2.24, 2.45) is 0 Å². The molecular weight excluding hydrogens is 234 g/mol. The van der Waals surface area contributed by atoms with Crippen molar-refractivity contribution in [3.63, 3.8) is 0 Å². The number of unbranched alkanes of at least 4 members (excludes halogenated alkanes) is 1. The lowest BCUT2D eigenvalue weighted by atomic mass is 10.2. The molecular formula is C16H23N3. The van der Waals surface area contributed by atoms with Gasteiger partial charge in [-0.2, -0.15) is 0 Å². The van der Waals surface area contributed by atoms with E-state index < -0.39 is 0 Å². The van der Waals surface area contributed by atoms with Crippen LogP contribution in [0.3, 0.4) is 0 Å². The molecule has 3 nitrogen and oxygen atoms in total. The molecule has 19 heavy (non-hydrogen) atoms. The number of hydrogen-bond acceptors (Lipinski definition) is 2. The highest BCUT2D eigenvalue weighted by atomic mass is 15.1. The summed E-state index contributed by atoms with van der Waals surface area (Å²) in [6.45, 7) is 7.82. The van der Waals surface area contributed by atoms with Crippen LogP contribution in [0, 0.1) is 0 Å². The molecule has 0 radical (unpaired) electrons. The molecule has 0 amide bonds. The Bertz CT molecular complexity index is 459. The molecule has 0 unspecified atom stereocenters. The average molecular weight is 257 g/mol. The predicted molar refractivity (Wildman–Crippen MR) is 79.4 cm³/mol. The lowest BCUT2D eigenvalue weighted by Crippen LogP contribution is -2.23. The molecule has 1 aromatic heterocycles. The Kier molecular flexibility index (Phi) is 5.16. The molecule has 0 saturated heterocycles. The van der Waals surface area contributed by atoms with Crippen molar-refractivity contribution in [3.05, 3.63) is 48.5 Å². The fraction of sp³-hybridized carbons (Fsp3) is 0.438. The first kappa shape index (κ1) is 13.8. The van der Waals surface area contributed by atoms with Gasteiger partial charge in [-0.05, 0) is 37.2 Å². The molecule has 2 rings (SSSR count). The molecule has 0 aliphatic rings. The first-order chi connectivity index (χ1) is 9.33. The molecule has 0 fully saturated rings. The maximum Gasteiger partial charge on any atom is 0.0991 e. The highest BCUT2D eigenvalue weighted by Crippen LogP contribution is 2.11. The summed E-state index contributed by atoms with van der Waals surface area (Å²) in [7, 11) is 0. The summed E-state index contributed by atoms with van der Waals surface area (Å²) in [6.07, 6.45) is 8.14. The molecule has 1 heterocycles. The van der Waals surface area contributed by atoms with Gasteiger partial charge in [0.2, 0.25) is 0 Å². The van der Waals surface area contributed by atoms with Crippen molar-refractivity contribution in [2.45, 2.75) is 33.2 Å². The minimum Gasteiger partial charge on any atom is -0.306 e. The van der Waals surface area contributed by atoms with Crippen molar-refractivity contribution in [1.82, 2.24) is 14.5 Å². The third-order valence-corrected chi connectivity index (χ3v) is 3.42. The Morgan fingerprint density at radius 3 is 2.53 bits per heavy atom.